The van der Waals surface area contributed by atoms with E-state index in [1.165, 1.54) is 18.2 Å². The van der Waals surface area contributed by atoms with Gasteiger partial charge in [-0.2, -0.15) is 0 Å². The fraction of sp³-hybridized carbons (Fsp3) is 0. The number of hydrogen-bond acceptors (Lipinski definition) is 4. The van der Waals surface area contributed by atoms with Crippen LogP contribution in [0.2, 0.25) is 0 Å². The van der Waals surface area contributed by atoms with E-state index in [2.05, 4.69) is 5.32 Å². The van der Waals surface area contributed by atoms with Crippen LogP contribution in [0, 0.1) is 0 Å². The van der Waals surface area contributed by atoms with Crippen molar-refractivity contribution in [2.45, 2.75) is 0 Å². The number of nitrogens with one attached hydrogen (secondary N) is 1. The molecule has 2 N–H and O–H groups in total. The molecule has 1 aliphatic rings. The molecular weight excluding hydrogens is 258 g/mol. The first kappa shape index (κ1) is 13.5. The minimum Gasteiger partial charge on any atom is -0.508 e. The minimum atomic E-state index is -0.453. The molecule has 1 heterocycles. The molecule has 2 aromatic rings. The van der Waals surface area contributed by atoms with E-state index in [0.717, 1.165) is 11.8 Å². The number of carbonyl (C=O) groups excluding carboxylic acids is 3. The molecule has 0 spiro atoms. The number of phenols is 1. The van der Waals surface area contributed by atoms with Gasteiger partial charge in [0, 0.05) is 5.56 Å². The Morgan fingerprint density at radius 1 is 0.900 bits per heavy atom. The molecule has 5 heteroatoms. The van der Waals surface area contributed by atoms with Crippen LogP contribution in [0.4, 0.5) is 0 Å². The highest BCUT2D eigenvalue weighted by Crippen LogP contribution is 2.20. The third-order valence-electron chi connectivity index (χ3n) is 2.66. The van der Waals surface area contributed by atoms with Crippen LogP contribution in [0.25, 0.3) is 0 Å². The Bertz CT molecular complexity index is 665. The van der Waals surface area contributed by atoms with E-state index in [9.17, 15) is 14.4 Å². The predicted molar refractivity (Wildman–Crippen MR) is 71.7 cm³/mol. The molecule has 0 saturated heterocycles. The Labute approximate surface area is 114 Å². The number of benzene rings is 2. The number of aldehydes is 1. The molecule has 0 radical (unpaired) electrons. The lowest BCUT2D eigenvalue weighted by atomic mass is 10.1. The van der Waals surface area contributed by atoms with Crippen LogP contribution in [-0.4, -0.2) is 23.2 Å². The minimum absolute atomic E-state index is 0.0152. The number of imide groups is 1. The number of aromatic hydroxyl groups is 1. The van der Waals surface area contributed by atoms with Crippen molar-refractivity contribution in [1.82, 2.24) is 5.32 Å². The van der Waals surface area contributed by atoms with Gasteiger partial charge >= 0.3 is 0 Å². The van der Waals surface area contributed by atoms with Gasteiger partial charge in [0.1, 0.15) is 12.0 Å². The third kappa shape index (κ3) is 2.89. The molecule has 2 amide bonds. The Balaban J connectivity index is 0.000000160. The number of carbonyl (C=O) groups is 3. The lowest BCUT2D eigenvalue weighted by Gasteiger charge is -1.93. The normalized spacial score (nSPS) is 12.0. The average Bonchev–Trinajstić information content (AvgIpc) is 2.75. The Hall–Kier alpha value is -2.95. The first-order valence-electron chi connectivity index (χ1n) is 5.80. The highest BCUT2D eigenvalue weighted by Gasteiger charge is 2.26. The van der Waals surface area contributed by atoms with Crippen molar-refractivity contribution in [2.75, 3.05) is 0 Å². The van der Waals surface area contributed by atoms with E-state index in [1.54, 1.807) is 12.1 Å². The third-order valence-corrected chi connectivity index (χ3v) is 2.66. The van der Waals surface area contributed by atoms with E-state index in [4.69, 9.17) is 5.11 Å². The molecule has 0 unspecified atom stereocenters. The molecule has 0 saturated carbocycles. The van der Waals surface area contributed by atoms with Gasteiger partial charge in [-0.3, -0.25) is 19.7 Å². The summed E-state index contributed by atoms with van der Waals surface area (Å²) < 4.78 is 0. The van der Waals surface area contributed by atoms with Crippen LogP contribution in [-0.2, 0) is 0 Å². The van der Waals surface area contributed by atoms with Crippen LogP contribution in [0.5, 0.6) is 5.75 Å². The molecule has 1 aliphatic heterocycles. The monoisotopic (exact) mass is 269 g/mol. The molecular formula is C15H11NO4. The zero-order valence-electron chi connectivity index (χ0n) is 10.4. The summed E-state index contributed by atoms with van der Waals surface area (Å²) in [6.07, 6.45) is 0.833. The summed E-state index contributed by atoms with van der Waals surface area (Å²) in [4.78, 5) is 32.0. The van der Waals surface area contributed by atoms with Crippen molar-refractivity contribution < 1.29 is 19.5 Å². The molecule has 0 aromatic heterocycles. The van der Waals surface area contributed by atoms with E-state index < -0.39 is 11.8 Å². The van der Waals surface area contributed by atoms with Crippen molar-refractivity contribution in [3.63, 3.8) is 0 Å². The van der Waals surface area contributed by atoms with Crippen molar-refractivity contribution in [3.05, 3.63) is 65.2 Å². The number of fused-ring (bicyclic) bond motifs is 1. The molecule has 5 nitrogen and oxygen atoms in total. The molecule has 3 rings (SSSR count). The maximum absolute atomic E-state index is 11.0. The van der Waals surface area contributed by atoms with Gasteiger partial charge in [0.25, 0.3) is 11.8 Å². The molecule has 2 aromatic carbocycles. The van der Waals surface area contributed by atoms with Gasteiger partial charge in [0.2, 0.25) is 0 Å². The van der Waals surface area contributed by atoms with Crippen molar-refractivity contribution in [1.29, 1.82) is 0 Å². The van der Waals surface area contributed by atoms with Crippen LogP contribution in [0.1, 0.15) is 31.1 Å². The Kier molecular flexibility index (Phi) is 3.91. The summed E-state index contributed by atoms with van der Waals surface area (Å²) in [5.41, 5.74) is 1.28. The van der Waals surface area contributed by atoms with Crippen molar-refractivity contribution in [2.24, 2.45) is 0 Å². The van der Waals surface area contributed by atoms with Gasteiger partial charge in [-0.15, -0.1) is 0 Å². The zero-order valence-corrected chi connectivity index (χ0v) is 10.4. The summed E-state index contributed by atoms with van der Waals surface area (Å²) in [5.74, 6) is -0.875. The van der Waals surface area contributed by atoms with Gasteiger partial charge in [-0.05, 0) is 18.2 Å². The second-order valence-corrected chi connectivity index (χ2v) is 4.04. The number of rotatable bonds is 1. The quantitative estimate of drug-likeness (QED) is 0.610. The van der Waals surface area contributed by atoms with Crippen LogP contribution >= 0.6 is 0 Å². The topological polar surface area (TPSA) is 83.5 Å². The van der Waals surface area contributed by atoms with E-state index >= 15 is 0 Å². The first-order chi connectivity index (χ1) is 9.61. The SMILES string of the molecule is O=C1NC(=O)c2cc(O)ccc21.O=Cc1ccccc1. The average molecular weight is 269 g/mol. The van der Waals surface area contributed by atoms with Crippen LogP contribution in [0.3, 0.4) is 0 Å². The van der Waals surface area contributed by atoms with Gasteiger partial charge in [0.05, 0.1) is 11.1 Å². The van der Waals surface area contributed by atoms with Crippen molar-refractivity contribution in [3.8, 4) is 5.75 Å². The number of phenolic OH excluding ortho intramolecular Hbond substituents is 1. The molecule has 0 bridgehead atoms. The van der Waals surface area contributed by atoms with E-state index in [1.807, 2.05) is 18.2 Å². The van der Waals surface area contributed by atoms with Gasteiger partial charge < -0.3 is 5.11 Å². The first-order valence-corrected chi connectivity index (χ1v) is 5.80. The van der Waals surface area contributed by atoms with Gasteiger partial charge in [-0.25, -0.2) is 0 Å². The summed E-state index contributed by atoms with van der Waals surface area (Å²) in [6.45, 7) is 0. The smallest absolute Gasteiger partial charge is 0.259 e. The molecule has 0 aliphatic carbocycles. The summed E-state index contributed by atoms with van der Waals surface area (Å²) >= 11 is 0. The number of amides is 2. The lowest BCUT2D eigenvalue weighted by molar-refractivity contribution is 0.0879. The maximum atomic E-state index is 11.0. The summed E-state index contributed by atoms with van der Waals surface area (Å²) in [5, 5.41) is 11.1. The fourth-order valence-electron chi connectivity index (χ4n) is 1.69. The predicted octanol–water partition coefficient (Wildman–Crippen LogP) is 1.77. The molecule has 0 fully saturated rings. The maximum Gasteiger partial charge on any atom is 0.259 e. The molecule has 20 heavy (non-hydrogen) atoms. The second kappa shape index (κ2) is 5.79. The zero-order chi connectivity index (χ0) is 14.5. The fourth-order valence-corrected chi connectivity index (χ4v) is 1.69. The highest BCUT2D eigenvalue weighted by atomic mass is 16.3. The highest BCUT2D eigenvalue weighted by molar-refractivity contribution is 6.21. The molecule has 0 atom stereocenters. The van der Waals surface area contributed by atoms with E-state index in [0.29, 0.717) is 5.56 Å². The van der Waals surface area contributed by atoms with Crippen molar-refractivity contribution >= 4 is 18.1 Å². The van der Waals surface area contributed by atoms with Crippen LogP contribution in [0.15, 0.2) is 48.5 Å². The Morgan fingerprint density at radius 2 is 1.55 bits per heavy atom. The summed E-state index contributed by atoms with van der Waals surface area (Å²) in [7, 11) is 0. The van der Waals surface area contributed by atoms with Gasteiger partial charge in [-0.1, -0.05) is 30.3 Å². The van der Waals surface area contributed by atoms with E-state index in [-0.39, 0.29) is 11.3 Å². The Morgan fingerprint density at radius 3 is 2.15 bits per heavy atom. The largest absolute Gasteiger partial charge is 0.508 e. The summed E-state index contributed by atoms with van der Waals surface area (Å²) in [6, 6.07) is 13.2. The lowest BCUT2D eigenvalue weighted by Crippen LogP contribution is -2.19. The second-order valence-electron chi connectivity index (χ2n) is 4.04. The number of hydrogen-bond donors (Lipinski definition) is 2. The van der Waals surface area contributed by atoms with Crippen LogP contribution < -0.4 is 5.32 Å². The van der Waals surface area contributed by atoms with Gasteiger partial charge in [0.15, 0.2) is 0 Å². The molecule has 100 valence electrons. The standard InChI is InChI=1S/C8H5NO3.C7H6O/c10-4-1-2-5-6(3-4)8(12)9-7(5)11;8-6-7-4-2-1-3-5-7/h1-3,10H,(H,9,11,12);1-6H.